The zero-order valence-corrected chi connectivity index (χ0v) is 13.4. The zero-order valence-electron chi connectivity index (χ0n) is 13.4. The number of para-hydroxylation sites is 2. The molecular formula is C19H12N4O3. The predicted octanol–water partition coefficient (Wildman–Crippen LogP) is 2.73. The number of nitrogens with zero attached hydrogens (tertiary/aromatic N) is 4. The summed E-state index contributed by atoms with van der Waals surface area (Å²) in [6.07, 6.45) is 4.42. The molecule has 0 radical (unpaired) electrons. The molecule has 2 heterocycles. The fourth-order valence-corrected chi connectivity index (χ4v) is 2.49. The fourth-order valence-electron chi connectivity index (χ4n) is 2.49. The number of ketones is 1. The minimum absolute atomic E-state index is 0.0996. The fraction of sp³-hybridized carbons (Fsp3) is 0. The van der Waals surface area contributed by atoms with E-state index in [-0.39, 0.29) is 22.8 Å². The Morgan fingerprint density at radius 2 is 1.58 bits per heavy atom. The Hall–Kier alpha value is -3.87. The van der Waals surface area contributed by atoms with Crippen LogP contribution in [0.25, 0.3) is 22.4 Å². The number of hydrogen-bond acceptors (Lipinski definition) is 7. The van der Waals surface area contributed by atoms with Crippen molar-refractivity contribution in [1.82, 2.24) is 19.9 Å². The molecule has 0 atom stereocenters. The highest BCUT2D eigenvalue weighted by Crippen LogP contribution is 2.26. The molecule has 7 heteroatoms. The Morgan fingerprint density at radius 3 is 2.38 bits per heavy atom. The van der Waals surface area contributed by atoms with E-state index < -0.39 is 5.78 Å². The number of benzene rings is 2. The van der Waals surface area contributed by atoms with E-state index in [4.69, 9.17) is 0 Å². The first-order valence-corrected chi connectivity index (χ1v) is 7.73. The predicted molar refractivity (Wildman–Crippen MR) is 93.8 cm³/mol. The quantitative estimate of drug-likeness (QED) is 0.434. The minimum Gasteiger partial charge on any atom is -0.504 e. The van der Waals surface area contributed by atoms with Crippen LogP contribution in [-0.2, 0) is 0 Å². The van der Waals surface area contributed by atoms with Gasteiger partial charge in [-0.3, -0.25) is 14.8 Å². The maximum atomic E-state index is 12.6. The van der Waals surface area contributed by atoms with E-state index in [2.05, 4.69) is 19.9 Å². The minimum atomic E-state index is -0.427. The number of carbonyl (C=O) groups excluding carboxylic acids is 1. The molecule has 26 heavy (non-hydrogen) atoms. The summed E-state index contributed by atoms with van der Waals surface area (Å²) < 4.78 is 0. The number of aromatic hydroxyl groups is 2. The topological polar surface area (TPSA) is 109 Å². The Bertz CT molecular complexity index is 1140. The van der Waals surface area contributed by atoms with E-state index >= 15 is 0 Å². The molecule has 0 bridgehead atoms. The van der Waals surface area contributed by atoms with Gasteiger partial charge in [0.05, 0.1) is 29.6 Å². The summed E-state index contributed by atoms with van der Waals surface area (Å²) in [5.74, 6) is -1.10. The maximum Gasteiger partial charge on any atom is 0.213 e. The number of carbonyl (C=O) groups is 1. The van der Waals surface area contributed by atoms with Crippen LogP contribution in [0.4, 0.5) is 0 Å². The van der Waals surface area contributed by atoms with Crippen molar-refractivity contribution in [2.75, 3.05) is 0 Å². The van der Waals surface area contributed by atoms with E-state index in [0.29, 0.717) is 16.9 Å². The average molecular weight is 344 g/mol. The lowest BCUT2D eigenvalue weighted by Gasteiger charge is -2.05. The van der Waals surface area contributed by atoms with Gasteiger partial charge in [-0.2, -0.15) is 0 Å². The number of phenols is 2. The van der Waals surface area contributed by atoms with Gasteiger partial charge in [0.15, 0.2) is 11.5 Å². The first-order valence-electron chi connectivity index (χ1n) is 7.73. The van der Waals surface area contributed by atoms with Gasteiger partial charge in [-0.05, 0) is 30.3 Å². The first kappa shape index (κ1) is 15.6. The Morgan fingerprint density at radius 1 is 0.808 bits per heavy atom. The van der Waals surface area contributed by atoms with Gasteiger partial charge in [-0.25, -0.2) is 9.97 Å². The largest absolute Gasteiger partial charge is 0.504 e. The maximum absolute atomic E-state index is 12.6. The summed E-state index contributed by atoms with van der Waals surface area (Å²) in [6, 6.07) is 11.3. The monoisotopic (exact) mass is 344 g/mol. The lowest BCUT2D eigenvalue weighted by molar-refractivity contribution is 0.103. The number of rotatable bonds is 3. The standard InChI is InChI=1S/C19H12N4O3/c24-17-6-5-11(7-18(17)25)19(26)16-9-20-8-14(23-16)15-10-21-12-3-1-2-4-13(12)22-15/h1-10,24-25H. The molecule has 7 nitrogen and oxygen atoms in total. The van der Waals surface area contributed by atoms with Crippen LogP contribution in [0.3, 0.4) is 0 Å². The van der Waals surface area contributed by atoms with Crippen LogP contribution >= 0.6 is 0 Å². The van der Waals surface area contributed by atoms with E-state index in [1.807, 2.05) is 24.3 Å². The smallest absolute Gasteiger partial charge is 0.213 e. The van der Waals surface area contributed by atoms with Crippen molar-refractivity contribution in [3.63, 3.8) is 0 Å². The molecule has 0 aliphatic carbocycles. The van der Waals surface area contributed by atoms with Crippen LogP contribution in [0.15, 0.2) is 61.1 Å². The summed E-state index contributed by atoms with van der Waals surface area (Å²) in [7, 11) is 0. The first-order chi connectivity index (χ1) is 12.6. The van der Waals surface area contributed by atoms with E-state index in [0.717, 1.165) is 5.52 Å². The highest BCUT2D eigenvalue weighted by molar-refractivity contribution is 6.08. The van der Waals surface area contributed by atoms with Crippen molar-refractivity contribution in [3.05, 3.63) is 72.3 Å². The molecule has 0 spiro atoms. The van der Waals surface area contributed by atoms with Gasteiger partial charge < -0.3 is 10.2 Å². The molecule has 2 N–H and O–H groups in total. The molecule has 0 saturated carbocycles. The van der Waals surface area contributed by atoms with Crippen LogP contribution in [-0.4, -0.2) is 35.9 Å². The van der Waals surface area contributed by atoms with E-state index in [1.54, 1.807) is 6.20 Å². The van der Waals surface area contributed by atoms with Crippen LogP contribution < -0.4 is 0 Å². The molecule has 0 aliphatic rings. The second kappa shape index (κ2) is 6.21. The molecule has 4 aromatic rings. The third-order valence-electron chi connectivity index (χ3n) is 3.82. The zero-order chi connectivity index (χ0) is 18.1. The summed E-state index contributed by atoms with van der Waals surface area (Å²) in [5, 5.41) is 18.9. The molecule has 2 aromatic carbocycles. The van der Waals surface area contributed by atoms with Gasteiger partial charge in [-0.15, -0.1) is 0 Å². The highest BCUT2D eigenvalue weighted by atomic mass is 16.3. The Labute approximate surface area is 147 Å². The van der Waals surface area contributed by atoms with Crippen LogP contribution in [0.2, 0.25) is 0 Å². The van der Waals surface area contributed by atoms with Crippen molar-refractivity contribution in [3.8, 4) is 22.9 Å². The second-order valence-electron chi connectivity index (χ2n) is 5.57. The summed E-state index contributed by atoms with van der Waals surface area (Å²) in [5.41, 5.74) is 2.68. The van der Waals surface area contributed by atoms with Gasteiger partial charge >= 0.3 is 0 Å². The number of fused-ring (bicyclic) bond motifs is 1. The molecule has 2 aromatic heterocycles. The number of hydrogen-bond donors (Lipinski definition) is 2. The summed E-state index contributed by atoms with van der Waals surface area (Å²) in [6.45, 7) is 0. The molecule has 126 valence electrons. The number of phenolic OH excluding ortho intramolecular Hbond substituents is 2. The van der Waals surface area contributed by atoms with Gasteiger partial charge in [0.25, 0.3) is 0 Å². The van der Waals surface area contributed by atoms with E-state index in [9.17, 15) is 15.0 Å². The van der Waals surface area contributed by atoms with Crippen molar-refractivity contribution in [2.45, 2.75) is 0 Å². The Kier molecular flexibility index (Phi) is 3.74. The molecule has 0 amide bonds. The second-order valence-corrected chi connectivity index (χ2v) is 5.57. The van der Waals surface area contributed by atoms with Crippen LogP contribution in [0, 0.1) is 0 Å². The lowest BCUT2D eigenvalue weighted by atomic mass is 10.1. The van der Waals surface area contributed by atoms with Crippen LogP contribution in [0.1, 0.15) is 16.1 Å². The molecule has 0 saturated heterocycles. The van der Waals surface area contributed by atoms with Gasteiger partial charge in [0, 0.05) is 5.56 Å². The molecule has 4 rings (SSSR count). The third kappa shape index (κ3) is 2.82. The van der Waals surface area contributed by atoms with Crippen molar-refractivity contribution < 1.29 is 15.0 Å². The SMILES string of the molecule is O=C(c1ccc(O)c(O)c1)c1cncc(-c2cnc3ccccc3n2)n1. The van der Waals surface area contributed by atoms with Crippen LogP contribution in [0.5, 0.6) is 11.5 Å². The summed E-state index contributed by atoms with van der Waals surface area (Å²) >= 11 is 0. The molecule has 0 aliphatic heterocycles. The van der Waals surface area contributed by atoms with Gasteiger partial charge in [-0.1, -0.05) is 12.1 Å². The number of aromatic nitrogens is 4. The van der Waals surface area contributed by atoms with Crippen molar-refractivity contribution >= 4 is 16.8 Å². The van der Waals surface area contributed by atoms with Crippen molar-refractivity contribution in [1.29, 1.82) is 0 Å². The van der Waals surface area contributed by atoms with Gasteiger partial charge in [0.1, 0.15) is 17.1 Å². The highest BCUT2D eigenvalue weighted by Gasteiger charge is 2.15. The summed E-state index contributed by atoms with van der Waals surface area (Å²) in [4.78, 5) is 29.8. The van der Waals surface area contributed by atoms with Crippen molar-refractivity contribution in [2.24, 2.45) is 0 Å². The normalized spacial score (nSPS) is 10.8. The van der Waals surface area contributed by atoms with E-state index in [1.165, 1.54) is 30.6 Å². The molecule has 0 fully saturated rings. The molecule has 0 unspecified atom stereocenters. The average Bonchev–Trinajstić information content (AvgIpc) is 2.69. The Balaban J connectivity index is 1.73. The third-order valence-corrected chi connectivity index (χ3v) is 3.82. The van der Waals surface area contributed by atoms with Gasteiger partial charge in [0.2, 0.25) is 5.78 Å². The lowest BCUT2D eigenvalue weighted by Crippen LogP contribution is -2.06. The molecular weight excluding hydrogens is 332 g/mol.